The molecule has 1 aliphatic rings. The van der Waals surface area contributed by atoms with Gasteiger partial charge in [0.1, 0.15) is 12.4 Å². The summed E-state index contributed by atoms with van der Waals surface area (Å²) in [5, 5.41) is 0. The van der Waals surface area contributed by atoms with E-state index in [-0.39, 0.29) is 5.91 Å². The van der Waals surface area contributed by atoms with Crippen molar-refractivity contribution in [3.05, 3.63) is 59.0 Å². The summed E-state index contributed by atoms with van der Waals surface area (Å²) in [6.45, 7) is 3.16. The number of hydrogen-bond acceptors (Lipinski definition) is 3. The second-order valence-electron chi connectivity index (χ2n) is 6.03. The number of furan rings is 1. The van der Waals surface area contributed by atoms with Crippen molar-refractivity contribution < 1.29 is 13.9 Å². The molecule has 0 radical (unpaired) electrons. The molecule has 1 aliphatic carbocycles. The third-order valence-electron chi connectivity index (χ3n) is 4.19. The molecule has 1 aromatic heterocycles. The van der Waals surface area contributed by atoms with Crippen LogP contribution >= 0.6 is 0 Å². The van der Waals surface area contributed by atoms with Crippen molar-refractivity contribution in [2.45, 2.75) is 45.4 Å². The molecule has 0 N–H and O–H groups in total. The van der Waals surface area contributed by atoms with E-state index in [9.17, 15) is 4.79 Å². The fraction of sp³-hybridized carbons (Fsp3) is 0.421. The van der Waals surface area contributed by atoms with Crippen LogP contribution < -0.4 is 0 Å². The van der Waals surface area contributed by atoms with Gasteiger partial charge in [-0.05, 0) is 42.5 Å². The Morgan fingerprint density at radius 3 is 2.48 bits per heavy atom. The predicted molar refractivity (Wildman–Crippen MR) is 88.1 cm³/mol. The van der Waals surface area contributed by atoms with Gasteiger partial charge in [0.2, 0.25) is 0 Å². The first-order valence-electron chi connectivity index (χ1n) is 8.17. The molecule has 0 spiro atoms. The number of benzene rings is 1. The Morgan fingerprint density at radius 1 is 1.17 bits per heavy atom. The third kappa shape index (κ3) is 3.82. The van der Waals surface area contributed by atoms with Crippen LogP contribution in [0.4, 0.5) is 0 Å². The fourth-order valence-corrected chi connectivity index (χ4v) is 2.68. The van der Waals surface area contributed by atoms with E-state index >= 15 is 0 Å². The Balaban J connectivity index is 1.73. The van der Waals surface area contributed by atoms with Gasteiger partial charge in [0.15, 0.2) is 5.76 Å². The maximum Gasteiger partial charge on any atom is 0.290 e. The smallest absolute Gasteiger partial charge is 0.290 e. The number of amides is 1. The average molecular weight is 313 g/mol. The van der Waals surface area contributed by atoms with E-state index < -0.39 is 0 Å². The van der Waals surface area contributed by atoms with Crippen molar-refractivity contribution in [1.82, 2.24) is 4.90 Å². The first kappa shape index (κ1) is 15.8. The van der Waals surface area contributed by atoms with Gasteiger partial charge in [0.05, 0.1) is 0 Å². The van der Waals surface area contributed by atoms with E-state index in [4.69, 9.17) is 9.15 Å². The minimum Gasteiger partial charge on any atom is -0.453 e. The monoisotopic (exact) mass is 313 g/mol. The van der Waals surface area contributed by atoms with E-state index in [1.165, 1.54) is 5.56 Å². The second kappa shape index (κ2) is 7.01. The fourth-order valence-electron chi connectivity index (χ4n) is 2.68. The van der Waals surface area contributed by atoms with Crippen molar-refractivity contribution in [3.63, 3.8) is 0 Å². The summed E-state index contributed by atoms with van der Waals surface area (Å²) in [4.78, 5) is 14.7. The maximum atomic E-state index is 12.8. The number of nitrogens with zero attached hydrogens (tertiary/aromatic N) is 1. The van der Waals surface area contributed by atoms with Gasteiger partial charge in [0, 0.05) is 19.7 Å². The third-order valence-corrected chi connectivity index (χ3v) is 4.19. The molecule has 23 heavy (non-hydrogen) atoms. The number of aryl methyl sites for hydroxylation is 1. The molecular weight excluding hydrogens is 290 g/mol. The molecule has 0 saturated heterocycles. The molecule has 1 saturated carbocycles. The molecule has 4 nitrogen and oxygen atoms in total. The molecule has 3 rings (SSSR count). The lowest BCUT2D eigenvalue weighted by Crippen LogP contribution is -2.32. The number of ether oxygens (including phenoxy) is 1. The average Bonchev–Trinajstić information content (AvgIpc) is 3.31. The molecule has 122 valence electrons. The molecule has 4 heteroatoms. The lowest BCUT2D eigenvalue weighted by Gasteiger charge is -2.21. The summed E-state index contributed by atoms with van der Waals surface area (Å²) < 4.78 is 10.6. The van der Waals surface area contributed by atoms with Crippen LogP contribution in [0.5, 0.6) is 0 Å². The van der Waals surface area contributed by atoms with E-state index in [0.717, 1.165) is 24.8 Å². The highest BCUT2D eigenvalue weighted by Gasteiger charge is 2.34. The summed E-state index contributed by atoms with van der Waals surface area (Å²) in [6, 6.07) is 12.4. The number of carbonyl (C=O) groups is 1. The lowest BCUT2D eigenvalue weighted by atomic mass is 10.1. The largest absolute Gasteiger partial charge is 0.453 e. The first-order valence-corrected chi connectivity index (χ1v) is 8.17. The molecule has 1 fully saturated rings. The van der Waals surface area contributed by atoms with Crippen molar-refractivity contribution >= 4 is 5.91 Å². The Kier molecular flexibility index (Phi) is 4.82. The van der Waals surface area contributed by atoms with Crippen LogP contribution in [0, 0.1) is 0 Å². The van der Waals surface area contributed by atoms with Crippen LogP contribution in [-0.2, 0) is 24.3 Å². The van der Waals surface area contributed by atoms with Gasteiger partial charge in [-0.3, -0.25) is 4.79 Å². The highest BCUT2D eigenvalue weighted by Crippen LogP contribution is 2.30. The molecule has 1 amide bonds. The number of methoxy groups -OCH3 is 1. The molecule has 0 unspecified atom stereocenters. The normalized spacial score (nSPS) is 14.0. The van der Waals surface area contributed by atoms with E-state index in [1.807, 2.05) is 4.90 Å². The Bertz CT molecular complexity index is 656. The van der Waals surface area contributed by atoms with E-state index in [2.05, 4.69) is 31.2 Å². The molecule has 1 heterocycles. The molecule has 1 aromatic carbocycles. The molecule has 2 aromatic rings. The van der Waals surface area contributed by atoms with Crippen molar-refractivity contribution in [1.29, 1.82) is 0 Å². The van der Waals surface area contributed by atoms with Crippen LogP contribution in [0.25, 0.3) is 0 Å². The number of carbonyl (C=O) groups excluding carboxylic acids is 1. The van der Waals surface area contributed by atoms with Crippen molar-refractivity contribution in [2.75, 3.05) is 7.11 Å². The van der Waals surface area contributed by atoms with Gasteiger partial charge in [-0.1, -0.05) is 31.2 Å². The zero-order valence-corrected chi connectivity index (χ0v) is 13.7. The van der Waals surface area contributed by atoms with Crippen molar-refractivity contribution in [3.8, 4) is 0 Å². The van der Waals surface area contributed by atoms with E-state index in [0.29, 0.717) is 30.7 Å². The van der Waals surface area contributed by atoms with Gasteiger partial charge < -0.3 is 14.1 Å². The topological polar surface area (TPSA) is 42.7 Å². The highest BCUT2D eigenvalue weighted by molar-refractivity contribution is 5.92. The summed E-state index contributed by atoms with van der Waals surface area (Å²) in [7, 11) is 1.61. The van der Waals surface area contributed by atoms with Crippen LogP contribution in [0.2, 0.25) is 0 Å². The van der Waals surface area contributed by atoms with Crippen LogP contribution in [0.3, 0.4) is 0 Å². The van der Waals surface area contributed by atoms with Crippen LogP contribution in [-0.4, -0.2) is 24.0 Å². The maximum absolute atomic E-state index is 12.8. The summed E-state index contributed by atoms with van der Waals surface area (Å²) in [5.74, 6) is 1.04. The van der Waals surface area contributed by atoms with E-state index in [1.54, 1.807) is 19.2 Å². The SMILES string of the molecule is CCc1ccc(CN(C(=O)c2ccc(COC)o2)C2CC2)cc1. The molecular formula is C19H23NO3. The van der Waals surface area contributed by atoms with Crippen LogP contribution in [0.15, 0.2) is 40.8 Å². The summed E-state index contributed by atoms with van der Waals surface area (Å²) >= 11 is 0. The van der Waals surface area contributed by atoms with Gasteiger partial charge in [0.25, 0.3) is 5.91 Å². The summed E-state index contributed by atoms with van der Waals surface area (Å²) in [6.07, 6.45) is 3.18. The summed E-state index contributed by atoms with van der Waals surface area (Å²) in [5.41, 5.74) is 2.47. The van der Waals surface area contributed by atoms with Gasteiger partial charge in [-0.25, -0.2) is 0 Å². The minimum atomic E-state index is -0.0329. The zero-order valence-electron chi connectivity index (χ0n) is 13.7. The first-order chi connectivity index (χ1) is 11.2. The minimum absolute atomic E-state index is 0.0329. The number of hydrogen-bond donors (Lipinski definition) is 0. The van der Waals surface area contributed by atoms with Crippen molar-refractivity contribution in [2.24, 2.45) is 0 Å². The molecule has 0 atom stereocenters. The van der Waals surface area contributed by atoms with Gasteiger partial charge >= 0.3 is 0 Å². The number of rotatable bonds is 7. The Hall–Kier alpha value is -2.07. The Morgan fingerprint density at radius 2 is 1.87 bits per heavy atom. The predicted octanol–water partition coefficient (Wildman–Crippen LogP) is 3.79. The second-order valence-corrected chi connectivity index (χ2v) is 6.03. The molecule has 0 bridgehead atoms. The van der Waals surface area contributed by atoms with Gasteiger partial charge in [-0.2, -0.15) is 0 Å². The quantitative estimate of drug-likeness (QED) is 0.781. The van der Waals surface area contributed by atoms with Gasteiger partial charge in [-0.15, -0.1) is 0 Å². The zero-order chi connectivity index (χ0) is 16.2. The Labute approximate surface area is 137 Å². The highest BCUT2D eigenvalue weighted by atomic mass is 16.5. The standard InChI is InChI=1S/C19H23NO3/c1-3-14-4-6-15(7-5-14)12-20(16-8-9-16)19(21)18-11-10-17(23-18)13-22-2/h4-7,10-11,16H,3,8-9,12-13H2,1-2H3. The molecule has 0 aliphatic heterocycles. The lowest BCUT2D eigenvalue weighted by molar-refractivity contribution is 0.0690. The van der Waals surface area contributed by atoms with Crippen LogP contribution in [0.1, 0.15) is 47.2 Å².